The number of esters is 1. The summed E-state index contributed by atoms with van der Waals surface area (Å²) in [5, 5.41) is 0. The van der Waals surface area contributed by atoms with Gasteiger partial charge in [-0.1, -0.05) is 38.0 Å². The van der Waals surface area contributed by atoms with Crippen molar-refractivity contribution in [2.24, 2.45) is 16.8 Å². The minimum absolute atomic E-state index is 0.282. The van der Waals surface area contributed by atoms with Gasteiger partial charge in [0, 0.05) is 11.5 Å². The van der Waals surface area contributed by atoms with Gasteiger partial charge in [-0.2, -0.15) is 0 Å². The number of cyclic esters (lactones) is 1. The van der Waals surface area contributed by atoms with Crippen LogP contribution in [0.2, 0.25) is 0 Å². The zero-order valence-electron chi connectivity index (χ0n) is 15.2. The molecule has 0 amide bonds. The summed E-state index contributed by atoms with van der Waals surface area (Å²) in [6.07, 6.45) is 8.88. The van der Waals surface area contributed by atoms with Crippen molar-refractivity contribution >= 4 is 17.9 Å². The molecule has 1 fully saturated rings. The molecule has 0 N–H and O–H groups in total. The molecule has 1 aliphatic heterocycles. The van der Waals surface area contributed by atoms with Crippen molar-refractivity contribution in [2.45, 2.75) is 52.4 Å². The smallest absolute Gasteiger partial charge is 0.363 e. The highest BCUT2D eigenvalue weighted by atomic mass is 16.6. The van der Waals surface area contributed by atoms with E-state index in [0.717, 1.165) is 30.1 Å². The van der Waals surface area contributed by atoms with Gasteiger partial charge < -0.3 is 9.47 Å². The van der Waals surface area contributed by atoms with E-state index in [1.54, 1.807) is 6.08 Å². The highest BCUT2D eigenvalue weighted by molar-refractivity contribution is 6.08. The van der Waals surface area contributed by atoms with Crippen LogP contribution < -0.4 is 4.74 Å². The van der Waals surface area contributed by atoms with E-state index in [1.165, 1.54) is 25.7 Å². The molecule has 25 heavy (non-hydrogen) atoms. The zero-order chi connectivity index (χ0) is 17.6. The van der Waals surface area contributed by atoms with Crippen LogP contribution in [0.15, 0.2) is 35.0 Å². The van der Waals surface area contributed by atoms with Crippen LogP contribution in [-0.2, 0) is 9.53 Å². The second-order valence-corrected chi connectivity index (χ2v) is 6.85. The first kappa shape index (κ1) is 17.7. The Labute approximate surface area is 149 Å². The van der Waals surface area contributed by atoms with E-state index in [0.29, 0.717) is 18.2 Å². The lowest BCUT2D eigenvalue weighted by molar-refractivity contribution is -0.130. The van der Waals surface area contributed by atoms with Crippen LogP contribution in [0, 0.1) is 11.8 Å². The van der Waals surface area contributed by atoms with Crippen LogP contribution in [0.3, 0.4) is 0 Å². The van der Waals surface area contributed by atoms with Gasteiger partial charge in [0.25, 0.3) is 0 Å². The van der Waals surface area contributed by atoms with E-state index < -0.39 is 0 Å². The molecule has 4 heteroatoms. The quantitative estimate of drug-likeness (QED) is 0.541. The normalized spacial score (nSPS) is 25.0. The number of hydrogen-bond acceptors (Lipinski definition) is 4. The van der Waals surface area contributed by atoms with Gasteiger partial charge in [0.2, 0.25) is 5.90 Å². The van der Waals surface area contributed by atoms with Crippen LogP contribution in [0.5, 0.6) is 5.75 Å². The van der Waals surface area contributed by atoms with Gasteiger partial charge in [-0.25, -0.2) is 9.79 Å². The average Bonchev–Trinajstić information content (AvgIpc) is 2.98. The molecule has 0 bridgehead atoms. The number of hydrogen-bond donors (Lipinski definition) is 0. The number of carbonyl (C=O) groups is 1. The standard InChI is InChI=1S/C21H27NO3/c1-3-7-15-10-12-16(13-11-15)20-22-18(21(23)25-20)14-17-8-5-6-9-19(17)24-4-2/h5-6,8-9,14-16H,3-4,7,10-13H2,1-2H3. The molecule has 4 nitrogen and oxygen atoms in total. The SMILES string of the molecule is CCCC1CCC(C2=NC(=Cc3ccccc3OCC)C(=O)O2)CC1. The van der Waals surface area contributed by atoms with Crippen molar-refractivity contribution in [2.75, 3.05) is 6.61 Å². The Hall–Kier alpha value is -2.10. The molecule has 3 rings (SSSR count). The summed E-state index contributed by atoms with van der Waals surface area (Å²) in [6, 6.07) is 7.67. The Kier molecular flexibility index (Phi) is 5.90. The summed E-state index contributed by atoms with van der Waals surface area (Å²) < 4.78 is 11.1. The van der Waals surface area contributed by atoms with Crippen LogP contribution in [0.25, 0.3) is 6.08 Å². The molecular weight excluding hydrogens is 314 g/mol. The minimum Gasteiger partial charge on any atom is -0.493 e. The van der Waals surface area contributed by atoms with Gasteiger partial charge in [0.15, 0.2) is 5.70 Å². The Morgan fingerprint density at radius 3 is 2.68 bits per heavy atom. The van der Waals surface area contributed by atoms with Crippen molar-refractivity contribution < 1.29 is 14.3 Å². The molecule has 0 unspecified atom stereocenters. The maximum Gasteiger partial charge on any atom is 0.363 e. The molecular formula is C21H27NO3. The number of aliphatic imine (C=N–C) groups is 1. The van der Waals surface area contributed by atoms with Gasteiger partial charge in [-0.3, -0.25) is 0 Å². The van der Waals surface area contributed by atoms with Gasteiger partial charge >= 0.3 is 5.97 Å². The van der Waals surface area contributed by atoms with E-state index >= 15 is 0 Å². The van der Waals surface area contributed by atoms with Crippen molar-refractivity contribution in [3.05, 3.63) is 35.5 Å². The minimum atomic E-state index is -0.350. The average molecular weight is 341 g/mol. The molecule has 0 atom stereocenters. The zero-order valence-corrected chi connectivity index (χ0v) is 15.2. The molecule has 0 radical (unpaired) electrons. The lowest BCUT2D eigenvalue weighted by atomic mass is 9.80. The number of rotatable bonds is 6. The van der Waals surface area contributed by atoms with Crippen LogP contribution in [0.4, 0.5) is 0 Å². The topological polar surface area (TPSA) is 47.9 Å². The maximum absolute atomic E-state index is 12.2. The highest BCUT2D eigenvalue weighted by Gasteiger charge is 2.32. The van der Waals surface area contributed by atoms with Crippen molar-refractivity contribution in [3.63, 3.8) is 0 Å². The number of nitrogens with zero attached hydrogens (tertiary/aromatic N) is 1. The Balaban J connectivity index is 1.73. The lowest BCUT2D eigenvalue weighted by Gasteiger charge is -2.27. The number of carbonyl (C=O) groups excluding carboxylic acids is 1. The summed E-state index contributed by atoms with van der Waals surface area (Å²) in [5.41, 5.74) is 1.23. The van der Waals surface area contributed by atoms with E-state index in [9.17, 15) is 4.79 Å². The first-order chi connectivity index (χ1) is 12.2. The van der Waals surface area contributed by atoms with E-state index in [1.807, 2.05) is 31.2 Å². The predicted octanol–water partition coefficient (Wildman–Crippen LogP) is 4.99. The molecule has 1 saturated carbocycles. The van der Waals surface area contributed by atoms with Crippen molar-refractivity contribution in [3.8, 4) is 5.75 Å². The third-order valence-electron chi connectivity index (χ3n) is 5.04. The second-order valence-electron chi connectivity index (χ2n) is 6.85. The molecule has 0 aromatic heterocycles. The molecule has 1 aromatic carbocycles. The fraction of sp³-hybridized carbons (Fsp3) is 0.524. The monoisotopic (exact) mass is 341 g/mol. The first-order valence-corrected chi connectivity index (χ1v) is 9.45. The Morgan fingerprint density at radius 1 is 1.20 bits per heavy atom. The van der Waals surface area contributed by atoms with Crippen LogP contribution in [0.1, 0.15) is 57.9 Å². The predicted molar refractivity (Wildman–Crippen MR) is 99.5 cm³/mol. The summed E-state index contributed by atoms with van der Waals surface area (Å²) in [7, 11) is 0. The van der Waals surface area contributed by atoms with Crippen molar-refractivity contribution in [1.29, 1.82) is 0 Å². The summed E-state index contributed by atoms with van der Waals surface area (Å²) in [4.78, 5) is 16.7. The molecule has 1 heterocycles. The molecule has 134 valence electrons. The summed E-state index contributed by atoms with van der Waals surface area (Å²) in [6.45, 7) is 4.77. The third-order valence-corrected chi connectivity index (χ3v) is 5.04. The van der Waals surface area contributed by atoms with Gasteiger partial charge in [-0.15, -0.1) is 0 Å². The van der Waals surface area contributed by atoms with E-state index in [-0.39, 0.29) is 11.9 Å². The van der Waals surface area contributed by atoms with E-state index in [4.69, 9.17) is 9.47 Å². The van der Waals surface area contributed by atoms with Crippen LogP contribution >= 0.6 is 0 Å². The van der Waals surface area contributed by atoms with Crippen LogP contribution in [-0.4, -0.2) is 18.5 Å². The maximum atomic E-state index is 12.2. The van der Waals surface area contributed by atoms with Gasteiger partial charge in [-0.05, 0) is 50.7 Å². The Morgan fingerprint density at radius 2 is 1.96 bits per heavy atom. The number of ether oxygens (including phenoxy) is 2. The Bertz CT molecular complexity index is 669. The van der Waals surface area contributed by atoms with E-state index in [2.05, 4.69) is 11.9 Å². The first-order valence-electron chi connectivity index (χ1n) is 9.45. The van der Waals surface area contributed by atoms with Gasteiger partial charge in [0.1, 0.15) is 5.75 Å². The van der Waals surface area contributed by atoms with Gasteiger partial charge in [0.05, 0.1) is 6.61 Å². The molecule has 1 aliphatic carbocycles. The number of para-hydroxylation sites is 1. The summed E-state index contributed by atoms with van der Waals surface area (Å²) >= 11 is 0. The fourth-order valence-electron chi connectivity index (χ4n) is 3.74. The summed E-state index contributed by atoms with van der Waals surface area (Å²) in [5.74, 6) is 2.13. The largest absolute Gasteiger partial charge is 0.493 e. The molecule has 0 saturated heterocycles. The second kappa shape index (κ2) is 8.32. The third kappa shape index (κ3) is 4.30. The number of benzene rings is 1. The molecule has 1 aromatic rings. The molecule has 2 aliphatic rings. The highest BCUT2D eigenvalue weighted by Crippen LogP contribution is 2.34. The fourth-order valence-corrected chi connectivity index (χ4v) is 3.74. The molecule has 0 spiro atoms. The lowest BCUT2D eigenvalue weighted by Crippen LogP contribution is -2.22. The van der Waals surface area contributed by atoms with Crippen molar-refractivity contribution in [1.82, 2.24) is 0 Å².